The van der Waals surface area contributed by atoms with Crippen LogP contribution in [0.25, 0.3) is 0 Å². The Balaban J connectivity index is 2.00. The Morgan fingerprint density at radius 1 is 1.40 bits per heavy atom. The summed E-state index contributed by atoms with van der Waals surface area (Å²) in [4.78, 5) is 25.4. The first-order chi connectivity index (χ1) is 9.47. The molecule has 106 valence electrons. The molecule has 2 aromatic heterocycles. The third-order valence-electron chi connectivity index (χ3n) is 2.48. The van der Waals surface area contributed by atoms with Crippen molar-refractivity contribution in [3.8, 4) is 0 Å². The highest BCUT2D eigenvalue weighted by atomic mass is 35.5. The highest BCUT2D eigenvalue weighted by Gasteiger charge is 2.16. The minimum Gasteiger partial charge on any atom is -0.478 e. The fraction of sp³-hybridized carbons (Fsp3) is 0.167. The zero-order valence-electron chi connectivity index (χ0n) is 10.4. The number of anilines is 1. The minimum absolute atomic E-state index is 0.0934. The van der Waals surface area contributed by atoms with Gasteiger partial charge in [-0.15, -0.1) is 22.7 Å². The number of halogens is 1. The largest absolute Gasteiger partial charge is 0.478 e. The van der Waals surface area contributed by atoms with E-state index in [1.54, 1.807) is 18.5 Å². The summed E-state index contributed by atoms with van der Waals surface area (Å²) in [5.74, 6) is -1.06. The summed E-state index contributed by atoms with van der Waals surface area (Å²) >= 11 is 8.41. The van der Waals surface area contributed by atoms with Gasteiger partial charge in [-0.3, -0.25) is 5.32 Å². The Morgan fingerprint density at radius 2 is 2.15 bits per heavy atom. The van der Waals surface area contributed by atoms with Crippen LogP contribution >= 0.6 is 34.3 Å². The molecule has 0 aromatic carbocycles. The van der Waals surface area contributed by atoms with Crippen LogP contribution in [0.3, 0.4) is 0 Å². The van der Waals surface area contributed by atoms with Crippen LogP contribution in [0.2, 0.25) is 4.34 Å². The number of hydrogen-bond donors (Lipinski definition) is 2. The number of thiophene rings is 2. The Morgan fingerprint density at radius 3 is 2.75 bits per heavy atom. The molecule has 5 nitrogen and oxygen atoms in total. The highest BCUT2D eigenvalue weighted by Crippen LogP contribution is 2.25. The van der Waals surface area contributed by atoms with E-state index in [1.165, 1.54) is 33.6 Å². The van der Waals surface area contributed by atoms with Gasteiger partial charge in [0.1, 0.15) is 5.00 Å². The van der Waals surface area contributed by atoms with Crippen molar-refractivity contribution in [2.45, 2.75) is 6.54 Å². The fourth-order valence-electron chi connectivity index (χ4n) is 1.51. The number of carbonyl (C=O) groups is 2. The average molecular weight is 331 g/mol. The lowest BCUT2D eigenvalue weighted by atomic mass is 10.3. The lowest BCUT2D eigenvalue weighted by Crippen LogP contribution is -2.30. The van der Waals surface area contributed by atoms with Crippen LogP contribution in [-0.4, -0.2) is 29.1 Å². The van der Waals surface area contributed by atoms with Crippen molar-refractivity contribution in [2.24, 2.45) is 0 Å². The van der Waals surface area contributed by atoms with E-state index >= 15 is 0 Å². The van der Waals surface area contributed by atoms with Crippen LogP contribution in [0.15, 0.2) is 23.6 Å². The Kier molecular flexibility index (Phi) is 4.64. The second-order valence-electron chi connectivity index (χ2n) is 3.96. The average Bonchev–Trinajstić information content (AvgIpc) is 2.98. The van der Waals surface area contributed by atoms with Gasteiger partial charge in [0, 0.05) is 11.9 Å². The standard InChI is InChI=1S/C12H11ClN2O3S2/c1-15(6-7-2-3-9(13)20-7)12(18)14-10-8(11(16)17)4-5-19-10/h2-5H,6H2,1H3,(H,14,18)(H,16,17). The SMILES string of the molecule is CN(Cc1ccc(Cl)s1)C(=O)Nc1sccc1C(=O)O. The summed E-state index contributed by atoms with van der Waals surface area (Å²) in [6, 6.07) is 4.72. The monoisotopic (exact) mass is 330 g/mol. The molecule has 0 unspecified atom stereocenters. The molecule has 0 aliphatic carbocycles. The number of carboxylic acid groups (broad SMARTS) is 1. The fourth-order valence-corrected chi connectivity index (χ4v) is 3.42. The number of amides is 2. The molecule has 0 saturated heterocycles. The molecular formula is C12H11ClN2O3S2. The molecular weight excluding hydrogens is 320 g/mol. The Labute approximate surface area is 128 Å². The summed E-state index contributed by atoms with van der Waals surface area (Å²) < 4.78 is 0.667. The molecule has 2 heterocycles. The predicted molar refractivity (Wildman–Crippen MR) is 81.1 cm³/mol. The summed E-state index contributed by atoms with van der Waals surface area (Å²) in [5.41, 5.74) is 0.0934. The van der Waals surface area contributed by atoms with E-state index in [0.29, 0.717) is 15.9 Å². The van der Waals surface area contributed by atoms with E-state index in [-0.39, 0.29) is 11.6 Å². The van der Waals surface area contributed by atoms with Crippen molar-refractivity contribution < 1.29 is 14.7 Å². The number of aromatic carboxylic acids is 1. The van der Waals surface area contributed by atoms with E-state index in [4.69, 9.17) is 16.7 Å². The lowest BCUT2D eigenvalue weighted by Gasteiger charge is -2.16. The number of nitrogens with zero attached hydrogens (tertiary/aromatic N) is 1. The maximum Gasteiger partial charge on any atom is 0.338 e. The van der Waals surface area contributed by atoms with Crippen LogP contribution in [-0.2, 0) is 6.54 Å². The zero-order chi connectivity index (χ0) is 14.7. The predicted octanol–water partition coefficient (Wildman–Crippen LogP) is 3.83. The minimum atomic E-state index is -1.06. The van der Waals surface area contributed by atoms with Crippen LogP contribution < -0.4 is 5.32 Å². The zero-order valence-corrected chi connectivity index (χ0v) is 12.8. The highest BCUT2D eigenvalue weighted by molar-refractivity contribution is 7.16. The van der Waals surface area contributed by atoms with Gasteiger partial charge in [0.05, 0.1) is 16.4 Å². The summed E-state index contributed by atoms with van der Waals surface area (Å²) in [5, 5.41) is 13.5. The maximum absolute atomic E-state index is 12.0. The van der Waals surface area contributed by atoms with Crippen molar-refractivity contribution in [2.75, 3.05) is 12.4 Å². The molecule has 2 aromatic rings. The van der Waals surface area contributed by atoms with E-state index in [0.717, 1.165) is 4.88 Å². The number of carboxylic acids is 1. The van der Waals surface area contributed by atoms with Crippen molar-refractivity contribution in [1.29, 1.82) is 0 Å². The van der Waals surface area contributed by atoms with Gasteiger partial charge in [-0.25, -0.2) is 9.59 Å². The van der Waals surface area contributed by atoms with Crippen LogP contribution in [0, 0.1) is 0 Å². The lowest BCUT2D eigenvalue weighted by molar-refractivity contribution is 0.0698. The number of rotatable bonds is 4. The van der Waals surface area contributed by atoms with E-state index in [2.05, 4.69) is 5.32 Å². The second-order valence-corrected chi connectivity index (χ2v) is 6.68. The molecule has 8 heteroatoms. The Hall–Kier alpha value is -1.57. The third kappa shape index (κ3) is 3.50. The summed E-state index contributed by atoms with van der Waals surface area (Å²) in [6.07, 6.45) is 0. The quantitative estimate of drug-likeness (QED) is 0.895. The van der Waals surface area contributed by atoms with Crippen LogP contribution in [0.1, 0.15) is 15.2 Å². The van der Waals surface area contributed by atoms with Gasteiger partial charge in [0.2, 0.25) is 0 Å². The number of nitrogens with one attached hydrogen (secondary N) is 1. The smallest absolute Gasteiger partial charge is 0.338 e. The van der Waals surface area contributed by atoms with Gasteiger partial charge < -0.3 is 10.0 Å². The molecule has 0 atom stereocenters. The van der Waals surface area contributed by atoms with Crippen LogP contribution in [0.5, 0.6) is 0 Å². The molecule has 0 saturated carbocycles. The molecule has 0 bridgehead atoms. The molecule has 2 rings (SSSR count). The number of urea groups is 1. The molecule has 0 spiro atoms. The topological polar surface area (TPSA) is 69.6 Å². The normalized spacial score (nSPS) is 10.3. The second kappa shape index (κ2) is 6.25. The van der Waals surface area contributed by atoms with Crippen molar-refractivity contribution in [1.82, 2.24) is 4.90 Å². The molecule has 0 aliphatic heterocycles. The molecule has 0 fully saturated rings. The maximum atomic E-state index is 12.0. The first-order valence-corrected chi connectivity index (χ1v) is 7.62. The van der Waals surface area contributed by atoms with E-state index < -0.39 is 5.97 Å². The van der Waals surface area contributed by atoms with Gasteiger partial charge in [0.15, 0.2) is 0 Å². The molecule has 0 radical (unpaired) electrons. The van der Waals surface area contributed by atoms with Gasteiger partial charge in [0.25, 0.3) is 0 Å². The first-order valence-electron chi connectivity index (χ1n) is 5.54. The van der Waals surface area contributed by atoms with Crippen molar-refractivity contribution in [3.05, 3.63) is 38.4 Å². The summed E-state index contributed by atoms with van der Waals surface area (Å²) in [6.45, 7) is 0.414. The summed E-state index contributed by atoms with van der Waals surface area (Å²) in [7, 11) is 1.64. The van der Waals surface area contributed by atoms with Gasteiger partial charge >= 0.3 is 12.0 Å². The number of hydrogen-bond acceptors (Lipinski definition) is 4. The van der Waals surface area contributed by atoms with Gasteiger partial charge in [-0.1, -0.05) is 11.6 Å². The third-order valence-corrected chi connectivity index (χ3v) is 4.53. The van der Waals surface area contributed by atoms with Crippen LogP contribution in [0.4, 0.5) is 9.80 Å². The first kappa shape index (κ1) is 14.8. The van der Waals surface area contributed by atoms with Crippen molar-refractivity contribution in [3.63, 3.8) is 0 Å². The van der Waals surface area contributed by atoms with Crippen molar-refractivity contribution >= 4 is 51.3 Å². The molecule has 20 heavy (non-hydrogen) atoms. The van der Waals surface area contributed by atoms with Gasteiger partial charge in [-0.2, -0.15) is 0 Å². The molecule has 2 amide bonds. The van der Waals surface area contributed by atoms with E-state index in [9.17, 15) is 9.59 Å². The van der Waals surface area contributed by atoms with E-state index in [1.807, 2.05) is 6.07 Å². The molecule has 2 N–H and O–H groups in total. The van der Waals surface area contributed by atoms with Gasteiger partial charge in [-0.05, 0) is 23.6 Å². The Bertz CT molecular complexity index is 638. The number of carbonyl (C=O) groups excluding carboxylic acids is 1. The molecule has 0 aliphatic rings.